The first-order chi connectivity index (χ1) is 10.4. The van der Waals surface area contributed by atoms with Gasteiger partial charge >= 0.3 is 0 Å². The lowest BCUT2D eigenvalue weighted by Gasteiger charge is -2.35. The van der Waals surface area contributed by atoms with Crippen LogP contribution in [0, 0.1) is 0 Å². The third-order valence-electron chi connectivity index (χ3n) is 3.86. The molecule has 0 atom stereocenters. The molecular weight excluding hydrogens is 268 g/mol. The molecule has 0 radical (unpaired) electrons. The van der Waals surface area contributed by atoms with E-state index in [0.29, 0.717) is 0 Å². The van der Waals surface area contributed by atoms with E-state index in [-0.39, 0.29) is 0 Å². The summed E-state index contributed by atoms with van der Waals surface area (Å²) >= 11 is 0. The lowest BCUT2D eigenvalue weighted by molar-refractivity contribution is 0.249. The number of fused-ring (bicyclic) bond motifs is 1. The molecule has 1 aliphatic rings. The van der Waals surface area contributed by atoms with Crippen molar-refractivity contribution >= 4 is 17.0 Å². The Morgan fingerprint density at radius 1 is 1.14 bits per heavy atom. The third kappa shape index (κ3) is 2.36. The fourth-order valence-corrected chi connectivity index (χ4v) is 2.75. The molecule has 0 amide bonds. The van der Waals surface area contributed by atoms with Gasteiger partial charge in [-0.2, -0.15) is 0 Å². The number of nitrogens with zero attached hydrogens (tertiary/aromatic N) is 5. The number of imidazole rings is 1. The molecule has 7 heteroatoms. The van der Waals surface area contributed by atoms with Gasteiger partial charge < -0.3 is 14.3 Å². The van der Waals surface area contributed by atoms with Gasteiger partial charge in [0.05, 0.1) is 18.9 Å². The third-order valence-corrected chi connectivity index (χ3v) is 3.86. The summed E-state index contributed by atoms with van der Waals surface area (Å²) in [4.78, 5) is 20.6. The standard InChI is InChI=1S/C14H16N6O/c1-6-21-8-11(1)7-19-2-4-20(5-3-19)14-12-13(16-9-15-12)17-10-18-14/h1,6,8-10H,2-5,7H2,(H,15,16,17,18). The predicted octanol–water partition coefficient (Wildman–Crippen LogP) is 1.27. The Morgan fingerprint density at radius 2 is 2.05 bits per heavy atom. The SMILES string of the molecule is c1nc(N2CCN(Cc3ccoc3)CC2)c2[nH]cnc2n1. The normalized spacial score (nSPS) is 16.7. The lowest BCUT2D eigenvalue weighted by atomic mass is 10.2. The zero-order chi connectivity index (χ0) is 14.1. The van der Waals surface area contributed by atoms with Crippen LogP contribution in [0.15, 0.2) is 35.7 Å². The first-order valence-corrected chi connectivity index (χ1v) is 7.02. The van der Waals surface area contributed by atoms with E-state index in [1.807, 2.05) is 12.3 Å². The van der Waals surface area contributed by atoms with Gasteiger partial charge in [0.25, 0.3) is 0 Å². The highest BCUT2D eigenvalue weighted by Gasteiger charge is 2.20. The van der Waals surface area contributed by atoms with Crippen molar-refractivity contribution in [3.05, 3.63) is 36.8 Å². The molecule has 0 aliphatic carbocycles. The van der Waals surface area contributed by atoms with Crippen LogP contribution in [0.1, 0.15) is 5.56 Å². The second-order valence-electron chi connectivity index (χ2n) is 5.19. The van der Waals surface area contributed by atoms with Crippen molar-refractivity contribution in [3.63, 3.8) is 0 Å². The van der Waals surface area contributed by atoms with E-state index < -0.39 is 0 Å². The summed E-state index contributed by atoms with van der Waals surface area (Å²) in [5.41, 5.74) is 2.86. The Hall–Kier alpha value is -2.41. The van der Waals surface area contributed by atoms with E-state index in [2.05, 4.69) is 29.7 Å². The average molecular weight is 284 g/mol. The zero-order valence-electron chi connectivity index (χ0n) is 11.6. The maximum atomic E-state index is 5.12. The van der Waals surface area contributed by atoms with Crippen LogP contribution in [0.5, 0.6) is 0 Å². The van der Waals surface area contributed by atoms with Crippen LogP contribution >= 0.6 is 0 Å². The highest BCUT2D eigenvalue weighted by atomic mass is 16.3. The second-order valence-corrected chi connectivity index (χ2v) is 5.19. The monoisotopic (exact) mass is 284 g/mol. The van der Waals surface area contributed by atoms with Crippen molar-refractivity contribution in [1.82, 2.24) is 24.8 Å². The smallest absolute Gasteiger partial charge is 0.182 e. The number of furan rings is 1. The number of aromatic amines is 1. The van der Waals surface area contributed by atoms with Crippen LogP contribution in [0.25, 0.3) is 11.2 Å². The Labute approximate surface area is 121 Å². The van der Waals surface area contributed by atoms with E-state index in [0.717, 1.165) is 49.7 Å². The Balaban J connectivity index is 1.46. The quantitative estimate of drug-likeness (QED) is 0.780. The summed E-state index contributed by atoms with van der Waals surface area (Å²) in [6.07, 6.45) is 6.78. The number of aromatic nitrogens is 4. The van der Waals surface area contributed by atoms with E-state index in [4.69, 9.17) is 4.42 Å². The minimum Gasteiger partial charge on any atom is -0.472 e. The lowest BCUT2D eigenvalue weighted by Crippen LogP contribution is -2.46. The summed E-state index contributed by atoms with van der Waals surface area (Å²) in [5, 5.41) is 0. The predicted molar refractivity (Wildman–Crippen MR) is 77.9 cm³/mol. The van der Waals surface area contributed by atoms with Crippen molar-refractivity contribution < 1.29 is 4.42 Å². The number of H-pyrrole nitrogens is 1. The van der Waals surface area contributed by atoms with Gasteiger partial charge in [-0.05, 0) is 6.07 Å². The van der Waals surface area contributed by atoms with Crippen molar-refractivity contribution in [2.24, 2.45) is 0 Å². The molecule has 108 valence electrons. The molecule has 4 rings (SSSR count). The van der Waals surface area contributed by atoms with Crippen LogP contribution in [0.2, 0.25) is 0 Å². The summed E-state index contributed by atoms with van der Waals surface area (Å²) in [6, 6.07) is 2.02. The van der Waals surface area contributed by atoms with Gasteiger partial charge in [-0.1, -0.05) is 0 Å². The first-order valence-electron chi connectivity index (χ1n) is 7.02. The van der Waals surface area contributed by atoms with Crippen LogP contribution in [-0.2, 0) is 6.54 Å². The average Bonchev–Trinajstić information content (AvgIpc) is 3.18. The number of hydrogen-bond acceptors (Lipinski definition) is 6. The molecular formula is C14H16N6O. The second kappa shape index (κ2) is 5.17. The molecule has 1 saturated heterocycles. The van der Waals surface area contributed by atoms with Crippen LogP contribution in [0.4, 0.5) is 5.82 Å². The molecule has 7 nitrogen and oxygen atoms in total. The van der Waals surface area contributed by atoms with Crippen molar-refractivity contribution in [3.8, 4) is 0 Å². The van der Waals surface area contributed by atoms with Crippen molar-refractivity contribution in [1.29, 1.82) is 0 Å². The zero-order valence-corrected chi connectivity index (χ0v) is 11.6. The van der Waals surface area contributed by atoms with Gasteiger partial charge in [-0.25, -0.2) is 15.0 Å². The molecule has 3 aromatic heterocycles. The molecule has 0 spiro atoms. The van der Waals surface area contributed by atoms with Gasteiger partial charge in [-0.3, -0.25) is 4.90 Å². The molecule has 1 aliphatic heterocycles. The minimum atomic E-state index is 0.723. The molecule has 0 saturated carbocycles. The van der Waals surface area contributed by atoms with Crippen molar-refractivity contribution in [2.75, 3.05) is 31.1 Å². The van der Waals surface area contributed by atoms with E-state index in [1.54, 1.807) is 18.9 Å². The number of piperazine rings is 1. The van der Waals surface area contributed by atoms with Crippen LogP contribution < -0.4 is 4.90 Å². The topological polar surface area (TPSA) is 74.1 Å². The van der Waals surface area contributed by atoms with Crippen LogP contribution in [-0.4, -0.2) is 51.0 Å². The van der Waals surface area contributed by atoms with E-state index in [1.165, 1.54) is 5.56 Å². The minimum absolute atomic E-state index is 0.723. The van der Waals surface area contributed by atoms with Gasteiger partial charge in [0.2, 0.25) is 0 Å². The summed E-state index contributed by atoms with van der Waals surface area (Å²) < 4.78 is 5.12. The van der Waals surface area contributed by atoms with Crippen LogP contribution in [0.3, 0.4) is 0 Å². The summed E-state index contributed by atoms with van der Waals surface area (Å²) in [6.45, 7) is 4.84. The van der Waals surface area contributed by atoms with Gasteiger partial charge in [-0.15, -0.1) is 0 Å². The largest absolute Gasteiger partial charge is 0.472 e. The molecule has 3 aromatic rings. The molecule has 1 N–H and O–H groups in total. The van der Waals surface area contributed by atoms with Crippen molar-refractivity contribution in [2.45, 2.75) is 6.54 Å². The maximum absolute atomic E-state index is 5.12. The Bertz CT molecular complexity index is 714. The maximum Gasteiger partial charge on any atom is 0.182 e. The molecule has 1 fully saturated rings. The fraction of sp³-hybridized carbons (Fsp3) is 0.357. The molecule has 21 heavy (non-hydrogen) atoms. The summed E-state index contributed by atoms with van der Waals surface area (Å²) in [7, 11) is 0. The Morgan fingerprint density at radius 3 is 2.86 bits per heavy atom. The van der Waals surface area contributed by atoms with E-state index in [9.17, 15) is 0 Å². The van der Waals surface area contributed by atoms with Gasteiger partial charge in [0.1, 0.15) is 11.8 Å². The highest BCUT2D eigenvalue weighted by molar-refractivity contribution is 5.82. The number of nitrogens with one attached hydrogen (secondary N) is 1. The Kier molecular flexibility index (Phi) is 3.04. The van der Waals surface area contributed by atoms with Gasteiger partial charge in [0.15, 0.2) is 11.5 Å². The molecule has 0 unspecified atom stereocenters. The van der Waals surface area contributed by atoms with Gasteiger partial charge in [0, 0.05) is 38.3 Å². The summed E-state index contributed by atoms with van der Waals surface area (Å²) in [5.74, 6) is 0.945. The molecule has 0 bridgehead atoms. The molecule has 0 aromatic carbocycles. The van der Waals surface area contributed by atoms with E-state index >= 15 is 0 Å². The fourth-order valence-electron chi connectivity index (χ4n) is 2.75. The number of hydrogen-bond donors (Lipinski definition) is 1. The highest BCUT2D eigenvalue weighted by Crippen LogP contribution is 2.21. The number of anilines is 1. The number of rotatable bonds is 3. The molecule has 4 heterocycles. The first kappa shape index (κ1) is 12.3.